The molecule has 6 heteroatoms. The molecule has 1 aromatic heterocycles. The zero-order valence-electron chi connectivity index (χ0n) is 13.2. The van der Waals surface area contributed by atoms with Gasteiger partial charge in [-0.25, -0.2) is 0 Å². The van der Waals surface area contributed by atoms with E-state index in [2.05, 4.69) is 0 Å². The summed E-state index contributed by atoms with van der Waals surface area (Å²) in [4.78, 5) is 36.8. The van der Waals surface area contributed by atoms with Gasteiger partial charge >= 0.3 is 0 Å². The lowest BCUT2D eigenvalue weighted by Crippen LogP contribution is -2.20. The van der Waals surface area contributed by atoms with Gasteiger partial charge in [0.25, 0.3) is 5.69 Å². The fourth-order valence-electron chi connectivity index (χ4n) is 3.61. The zero-order chi connectivity index (χ0) is 18.0. The SMILES string of the molecule is O=C1c2cccc([N+](=O)[O-])c2C(=O)c2c1oc1ccc3ccccc3c21. The van der Waals surface area contributed by atoms with Crippen LogP contribution in [0.5, 0.6) is 0 Å². The molecule has 0 spiro atoms. The number of fused-ring (bicyclic) bond motifs is 6. The Morgan fingerprint density at radius 2 is 1.65 bits per heavy atom. The Kier molecular flexibility index (Phi) is 2.72. The van der Waals surface area contributed by atoms with Crippen LogP contribution in [0.1, 0.15) is 32.0 Å². The Bertz CT molecular complexity index is 1300. The highest BCUT2D eigenvalue weighted by Gasteiger charge is 2.39. The van der Waals surface area contributed by atoms with Crippen molar-refractivity contribution in [2.45, 2.75) is 0 Å². The normalized spacial score (nSPS) is 13.1. The zero-order valence-corrected chi connectivity index (χ0v) is 13.2. The molecule has 1 heterocycles. The molecule has 5 rings (SSSR count). The summed E-state index contributed by atoms with van der Waals surface area (Å²) in [5.41, 5.74) is -0.0405. The number of nitro benzene ring substituents is 1. The molecule has 4 aromatic rings. The van der Waals surface area contributed by atoms with E-state index in [4.69, 9.17) is 4.42 Å². The van der Waals surface area contributed by atoms with Crippen molar-refractivity contribution >= 4 is 39.0 Å². The molecule has 0 N–H and O–H groups in total. The second-order valence-corrected chi connectivity index (χ2v) is 6.08. The van der Waals surface area contributed by atoms with Crippen LogP contribution in [0, 0.1) is 10.1 Å². The van der Waals surface area contributed by atoms with Crippen LogP contribution in [0.4, 0.5) is 5.69 Å². The molecule has 0 atom stereocenters. The van der Waals surface area contributed by atoms with Crippen molar-refractivity contribution in [1.29, 1.82) is 0 Å². The first kappa shape index (κ1) is 14.5. The Hall–Kier alpha value is -3.80. The highest BCUT2D eigenvalue weighted by atomic mass is 16.6. The molecule has 3 aromatic carbocycles. The van der Waals surface area contributed by atoms with E-state index in [1.807, 2.05) is 30.3 Å². The lowest BCUT2D eigenvalue weighted by molar-refractivity contribution is -0.385. The van der Waals surface area contributed by atoms with Crippen molar-refractivity contribution in [3.63, 3.8) is 0 Å². The summed E-state index contributed by atoms with van der Waals surface area (Å²) in [6, 6.07) is 15.0. The fourth-order valence-corrected chi connectivity index (χ4v) is 3.61. The third-order valence-corrected chi connectivity index (χ3v) is 4.72. The molecule has 1 aliphatic carbocycles. The summed E-state index contributed by atoms with van der Waals surface area (Å²) in [5.74, 6) is -1.13. The van der Waals surface area contributed by atoms with Crippen LogP contribution in [-0.4, -0.2) is 16.5 Å². The van der Waals surface area contributed by atoms with Gasteiger partial charge in [-0.2, -0.15) is 0 Å². The van der Waals surface area contributed by atoms with E-state index in [9.17, 15) is 19.7 Å². The summed E-state index contributed by atoms with van der Waals surface area (Å²) >= 11 is 0. The molecule has 0 radical (unpaired) electrons. The second-order valence-electron chi connectivity index (χ2n) is 6.08. The van der Waals surface area contributed by atoms with E-state index in [1.165, 1.54) is 18.2 Å². The first-order chi connectivity index (χ1) is 12.6. The number of carbonyl (C=O) groups is 2. The molecule has 1 aliphatic rings. The molecule has 0 amide bonds. The molecule has 0 unspecified atom stereocenters. The van der Waals surface area contributed by atoms with Crippen molar-refractivity contribution in [1.82, 2.24) is 0 Å². The maximum absolute atomic E-state index is 13.2. The van der Waals surface area contributed by atoms with Crippen molar-refractivity contribution in [2.75, 3.05) is 0 Å². The molecule has 0 saturated heterocycles. The predicted octanol–water partition coefficient (Wildman–Crippen LogP) is 4.27. The number of rotatable bonds is 1. The van der Waals surface area contributed by atoms with Gasteiger partial charge in [-0.15, -0.1) is 0 Å². The number of ketones is 2. The standard InChI is InChI=1S/C20H9NO5/c22-18-12-6-3-7-13(21(24)25)15(12)19(23)17-16-11-5-2-1-4-10(11)8-9-14(16)26-20(17)18/h1-9H. The van der Waals surface area contributed by atoms with Gasteiger partial charge in [0.2, 0.25) is 11.6 Å². The van der Waals surface area contributed by atoms with E-state index in [0.29, 0.717) is 11.0 Å². The van der Waals surface area contributed by atoms with E-state index in [0.717, 1.165) is 10.8 Å². The highest BCUT2D eigenvalue weighted by molar-refractivity contribution is 6.34. The average Bonchev–Trinajstić information content (AvgIpc) is 3.06. The number of carbonyl (C=O) groups excluding carboxylic acids is 2. The van der Waals surface area contributed by atoms with Crippen molar-refractivity contribution < 1.29 is 18.9 Å². The van der Waals surface area contributed by atoms with E-state index >= 15 is 0 Å². The third-order valence-electron chi connectivity index (χ3n) is 4.72. The Labute approximate surface area is 145 Å². The van der Waals surface area contributed by atoms with Crippen LogP contribution in [0.2, 0.25) is 0 Å². The summed E-state index contributed by atoms with van der Waals surface area (Å²) in [5, 5.41) is 13.5. The molecule has 0 aliphatic heterocycles. The molecule has 0 bridgehead atoms. The summed E-state index contributed by atoms with van der Waals surface area (Å²) in [6.07, 6.45) is 0. The second kappa shape index (κ2) is 4.86. The van der Waals surface area contributed by atoms with Crippen LogP contribution >= 0.6 is 0 Å². The molecule has 0 saturated carbocycles. The number of benzene rings is 3. The first-order valence-electron chi connectivity index (χ1n) is 7.89. The van der Waals surface area contributed by atoms with E-state index in [1.54, 1.807) is 6.07 Å². The maximum atomic E-state index is 13.2. The molecule has 6 nitrogen and oxygen atoms in total. The average molecular weight is 343 g/mol. The largest absolute Gasteiger partial charge is 0.452 e. The lowest BCUT2D eigenvalue weighted by atomic mass is 9.85. The van der Waals surface area contributed by atoms with Gasteiger partial charge in [0.05, 0.1) is 10.5 Å². The molecular formula is C20H9NO5. The monoisotopic (exact) mass is 343 g/mol. The van der Waals surface area contributed by atoms with Crippen molar-refractivity contribution in [2.24, 2.45) is 0 Å². The summed E-state index contributed by atoms with van der Waals surface area (Å²) < 4.78 is 5.70. The number of nitro groups is 1. The van der Waals surface area contributed by atoms with Gasteiger partial charge in [-0.05, 0) is 22.9 Å². The van der Waals surface area contributed by atoms with E-state index in [-0.39, 0.29) is 28.1 Å². The Balaban J connectivity index is 1.94. The third kappa shape index (κ3) is 1.70. The van der Waals surface area contributed by atoms with Gasteiger partial charge in [0, 0.05) is 17.0 Å². The van der Waals surface area contributed by atoms with Crippen molar-refractivity contribution in [3.05, 3.63) is 87.2 Å². The molecule has 26 heavy (non-hydrogen) atoms. The van der Waals surface area contributed by atoms with Crippen LogP contribution in [0.3, 0.4) is 0 Å². The smallest absolute Gasteiger partial charge is 0.281 e. The van der Waals surface area contributed by atoms with Crippen LogP contribution in [0.25, 0.3) is 21.7 Å². The maximum Gasteiger partial charge on any atom is 0.281 e. The minimum atomic E-state index is -0.643. The highest BCUT2D eigenvalue weighted by Crippen LogP contribution is 2.40. The summed E-state index contributed by atoms with van der Waals surface area (Å²) in [7, 11) is 0. The van der Waals surface area contributed by atoms with Crippen molar-refractivity contribution in [3.8, 4) is 0 Å². The topological polar surface area (TPSA) is 90.4 Å². The number of hydrogen-bond acceptors (Lipinski definition) is 5. The minimum Gasteiger partial charge on any atom is -0.452 e. The first-order valence-corrected chi connectivity index (χ1v) is 7.89. The predicted molar refractivity (Wildman–Crippen MR) is 93.7 cm³/mol. The lowest BCUT2D eigenvalue weighted by Gasteiger charge is -2.13. The minimum absolute atomic E-state index is 0.0000571. The van der Waals surface area contributed by atoms with Crippen LogP contribution in [-0.2, 0) is 0 Å². The number of furan rings is 1. The van der Waals surface area contributed by atoms with E-state index < -0.39 is 16.5 Å². The Morgan fingerprint density at radius 1 is 0.846 bits per heavy atom. The van der Waals surface area contributed by atoms with Gasteiger partial charge in [0.1, 0.15) is 11.1 Å². The summed E-state index contributed by atoms with van der Waals surface area (Å²) in [6.45, 7) is 0. The molecule has 124 valence electrons. The van der Waals surface area contributed by atoms with Gasteiger partial charge in [-0.3, -0.25) is 19.7 Å². The number of hydrogen-bond donors (Lipinski definition) is 0. The van der Waals surface area contributed by atoms with Gasteiger partial charge < -0.3 is 4.42 Å². The van der Waals surface area contributed by atoms with Gasteiger partial charge in [0.15, 0.2) is 5.76 Å². The van der Waals surface area contributed by atoms with Crippen LogP contribution < -0.4 is 0 Å². The quantitative estimate of drug-likeness (QED) is 0.335. The fraction of sp³-hybridized carbons (Fsp3) is 0. The molecular weight excluding hydrogens is 334 g/mol. The van der Waals surface area contributed by atoms with Gasteiger partial charge in [-0.1, -0.05) is 36.4 Å². The Morgan fingerprint density at radius 3 is 2.46 bits per heavy atom. The van der Waals surface area contributed by atoms with Crippen LogP contribution in [0.15, 0.2) is 59.0 Å². The number of nitrogens with zero attached hydrogens (tertiary/aromatic N) is 1. The molecule has 0 fully saturated rings.